The van der Waals surface area contributed by atoms with E-state index in [1.807, 2.05) is 6.92 Å². The summed E-state index contributed by atoms with van der Waals surface area (Å²) in [4.78, 5) is 4.03. The van der Waals surface area contributed by atoms with Crippen molar-refractivity contribution in [2.75, 3.05) is 13.2 Å². The lowest BCUT2D eigenvalue weighted by atomic mass is 10.2. The first-order valence-electron chi connectivity index (χ1n) is 4.82. The summed E-state index contributed by atoms with van der Waals surface area (Å²) in [5.74, 6) is 0.236. The van der Waals surface area contributed by atoms with Gasteiger partial charge >= 0.3 is 0 Å². The molecule has 0 fully saturated rings. The van der Waals surface area contributed by atoms with Crippen molar-refractivity contribution in [3.05, 3.63) is 17.6 Å². The van der Waals surface area contributed by atoms with Crippen LogP contribution in [-0.2, 0) is 0 Å². The van der Waals surface area contributed by atoms with Crippen molar-refractivity contribution in [3.8, 4) is 11.6 Å². The standard InChI is InChI=1S/C10H11ClFNO2/c1-2-6(11)9-7(12)5-8-10(13-9)15-4-3-14-8/h5-6H,2-4H2,1H3. The van der Waals surface area contributed by atoms with E-state index in [9.17, 15) is 4.39 Å². The van der Waals surface area contributed by atoms with E-state index >= 15 is 0 Å². The van der Waals surface area contributed by atoms with E-state index in [-0.39, 0.29) is 5.69 Å². The van der Waals surface area contributed by atoms with E-state index in [0.29, 0.717) is 31.3 Å². The predicted octanol–water partition coefficient (Wildman–Crippen LogP) is 2.68. The molecule has 2 rings (SSSR count). The van der Waals surface area contributed by atoms with Gasteiger partial charge in [0.05, 0.1) is 11.1 Å². The minimum atomic E-state index is -0.443. The summed E-state index contributed by atoms with van der Waals surface area (Å²) in [7, 11) is 0. The monoisotopic (exact) mass is 231 g/mol. The molecule has 0 spiro atoms. The third-order valence-corrected chi connectivity index (χ3v) is 2.69. The summed E-state index contributed by atoms with van der Waals surface area (Å²) >= 11 is 5.94. The van der Waals surface area contributed by atoms with Crippen LogP contribution >= 0.6 is 11.6 Å². The highest BCUT2D eigenvalue weighted by Gasteiger charge is 2.21. The van der Waals surface area contributed by atoms with Crippen molar-refractivity contribution >= 4 is 11.6 Å². The maximum atomic E-state index is 13.5. The summed E-state index contributed by atoms with van der Waals surface area (Å²) in [6.45, 7) is 2.73. The number of rotatable bonds is 2. The van der Waals surface area contributed by atoms with E-state index in [2.05, 4.69) is 4.98 Å². The number of hydrogen-bond acceptors (Lipinski definition) is 3. The molecule has 1 aromatic rings. The van der Waals surface area contributed by atoms with Gasteiger partial charge in [-0.3, -0.25) is 0 Å². The van der Waals surface area contributed by atoms with Crippen molar-refractivity contribution in [1.29, 1.82) is 0 Å². The van der Waals surface area contributed by atoms with Crippen LogP contribution in [0.3, 0.4) is 0 Å². The largest absolute Gasteiger partial charge is 0.484 e. The Labute approximate surface area is 92.2 Å². The lowest BCUT2D eigenvalue weighted by molar-refractivity contribution is 0.162. The van der Waals surface area contributed by atoms with Gasteiger partial charge in [-0.2, -0.15) is 0 Å². The minimum absolute atomic E-state index is 0.225. The summed E-state index contributed by atoms with van der Waals surface area (Å²) in [5.41, 5.74) is 0.225. The van der Waals surface area contributed by atoms with E-state index in [1.54, 1.807) is 0 Å². The van der Waals surface area contributed by atoms with E-state index in [1.165, 1.54) is 6.07 Å². The number of hydrogen-bond donors (Lipinski definition) is 0. The fourth-order valence-corrected chi connectivity index (χ4v) is 1.53. The van der Waals surface area contributed by atoms with Crippen molar-refractivity contribution in [1.82, 2.24) is 4.98 Å². The second-order valence-electron chi connectivity index (χ2n) is 3.23. The van der Waals surface area contributed by atoms with Crippen molar-refractivity contribution in [3.63, 3.8) is 0 Å². The first-order chi connectivity index (χ1) is 7.22. The molecular weight excluding hydrogens is 221 g/mol. The van der Waals surface area contributed by atoms with Gasteiger partial charge in [0.2, 0.25) is 0 Å². The van der Waals surface area contributed by atoms with Crippen LogP contribution < -0.4 is 9.47 Å². The van der Waals surface area contributed by atoms with Crippen LogP contribution in [0.5, 0.6) is 11.6 Å². The third kappa shape index (κ3) is 2.00. The average molecular weight is 232 g/mol. The Hall–Kier alpha value is -1.03. The topological polar surface area (TPSA) is 31.4 Å². The van der Waals surface area contributed by atoms with Crippen LogP contribution in [0.1, 0.15) is 24.4 Å². The van der Waals surface area contributed by atoms with Gasteiger partial charge in [-0.15, -0.1) is 11.6 Å². The molecule has 1 unspecified atom stereocenters. The molecule has 0 aromatic carbocycles. The normalized spacial score (nSPS) is 16.2. The Balaban J connectivity index is 2.40. The molecule has 0 aliphatic carbocycles. The van der Waals surface area contributed by atoms with Crippen LogP contribution in [0.2, 0.25) is 0 Å². The zero-order valence-electron chi connectivity index (χ0n) is 8.30. The molecule has 0 N–H and O–H groups in total. The first-order valence-corrected chi connectivity index (χ1v) is 5.26. The minimum Gasteiger partial charge on any atom is -0.484 e. The Bertz CT molecular complexity index is 373. The molecule has 1 aliphatic heterocycles. The molecule has 15 heavy (non-hydrogen) atoms. The molecule has 3 nitrogen and oxygen atoms in total. The zero-order chi connectivity index (χ0) is 10.8. The molecule has 1 atom stereocenters. The van der Waals surface area contributed by atoms with Gasteiger partial charge in [0, 0.05) is 6.07 Å². The smallest absolute Gasteiger partial charge is 0.257 e. The van der Waals surface area contributed by atoms with Gasteiger partial charge in [0.1, 0.15) is 19.0 Å². The molecular formula is C10H11ClFNO2. The maximum Gasteiger partial charge on any atom is 0.257 e. The number of pyridine rings is 1. The molecule has 1 aromatic heterocycles. The number of fused-ring (bicyclic) bond motifs is 1. The lowest BCUT2D eigenvalue weighted by Gasteiger charge is -2.19. The van der Waals surface area contributed by atoms with Crippen LogP contribution in [0.4, 0.5) is 4.39 Å². The molecule has 0 amide bonds. The molecule has 0 saturated heterocycles. The second kappa shape index (κ2) is 4.23. The maximum absolute atomic E-state index is 13.5. The fraction of sp³-hybridized carbons (Fsp3) is 0.500. The third-order valence-electron chi connectivity index (χ3n) is 2.17. The Kier molecular flexibility index (Phi) is 2.95. The number of aromatic nitrogens is 1. The van der Waals surface area contributed by atoms with Gasteiger partial charge in [-0.25, -0.2) is 9.37 Å². The van der Waals surface area contributed by atoms with Crippen molar-refractivity contribution < 1.29 is 13.9 Å². The average Bonchev–Trinajstić information content (AvgIpc) is 2.27. The van der Waals surface area contributed by atoms with Gasteiger partial charge in [0.25, 0.3) is 5.88 Å². The summed E-state index contributed by atoms with van der Waals surface area (Å²) in [5, 5.41) is -0.430. The Morgan fingerprint density at radius 1 is 1.53 bits per heavy atom. The Morgan fingerprint density at radius 2 is 2.27 bits per heavy atom. The van der Waals surface area contributed by atoms with Gasteiger partial charge < -0.3 is 9.47 Å². The van der Waals surface area contributed by atoms with Crippen molar-refractivity contribution in [2.45, 2.75) is 18.7 Å². The van der Waals surface area contributed by atoms with E-state index < -0.39 is 11.2 Å². The highest BCUT2D eigenvalue weighted by molar-refractivity contribution is 6.20. The predicted molar refractivity (Wildman–Crippen MR) is 54.1 cm³/mol. The molecule has 82 valence electrons. The van der Waals surface area contributed by atoms with Crippen molar-refractivity contribution in [2.24, 2.45) is 0 Å². The number of nitrogens with zero attached hydrogens (tertiary/aromatic N) is 1. The molecule has 0 saturated carbocycles. The number of alkyl halides is 1. The highest BCUT2D eigenvalue weighted by atomic mass is 35.5. The molecule has 5 heteroatoms. The van der Waals surface area contributed by atoms with E-state index in [4.69, 9.17) is 21.1 Å². The first kappa shape index (κ1) is 10.5. The number of ether oxygens (including phenoxy) is 2. The van der Waals surface area contributed by atoms with Gasteiger partial charge in [-0.05, 0) is 6.42 Å². The second-order valence-corrected chi connectivity index (χ2v) is 3.76. The van der Waals surface area contributed by atoms with Crippen LogP contribution in [-0.4, -0.2) is 18.2 Å². The van der Waals surface area contributed by atoms with Crippen LogP contribution in [0.25, 0.3) is 0 Å². The molecule has 1 aliphatic rings. The molecule has 2 heterocycles. The lowest BCUT2D eigenvalue weighted by Crippen LogP contribution is -2.17. The quantitative estimate of drug-likeness (QED) is 0.734. The summed E-state index contributed by atoms with van der Waals surface area (Å²) in [6, 6.07) is 1.28. The number of halogens is 2. The van der Waals surface area contributed by atoms with Crippen LogP contribution in [0.15, 0.2) is 6.07 Å². The summed E-state index contributed by atoms with van der Waals surface area (Å²) < 4.78 is 24.0. The zero-order valence-corrected chi connectivity index (χ0v) is 9.05. The van der Waals surface area contributed by atoms with Gasteiger partial charge in [-0.1, -0.05) is 6.92 Å². The fourth-order valence-electron chi connectivity index (χ4n) is 1.38. The van der Waals surface area contributed by atoms with E-state index in [0.717, 1.165) is 0 Å². The summed E-state index contributed by atoms with van der Waals surface area (Å²) in [6.07, 6.45) is 0.616. The van der Waals surface area contributed by atoms with Crippen LogP contribution in [0, 0.1) is 5.82 Å². The van der Waals surface area contributed by atoms with Gasteiger partial charge in [0.15, 0.2) is 5.75 Å². The Morgan fingerprint density at radius 3 is 3.00 bits per heavy atom. The highest BCUT2D eigenvalue weighted by Crippen LogP contribution is 2.33. The molecule has 0 bridgehead atoms. The molecule has 0 radical (unpaired) electrons. The SMILES string of the molecule is CCC(Cl)c1nc2c(cc1F)OCCO2.